The van der Waals surface area contributed by atoms with E-state index in [0.29, 0.717) is 23.1 Å². The number of pyridine rings is 1. The number of hydrogen-bond donors (Lipinski definition) is 2. The number of halogens is 1. The Kier molecular flexibility index (Phi) is 5.62. The third-order valence-corrected chi connectivity index (χ3v) is 5.41. The van der Waals surface area contributed by atoms with Gasteiger partial charge in [0.05, 0.1) is 11.7 Å². The molecule has 2 atom stereocenters. The van der Waals surface area contributed by atoms with Gasteiger partial charge in [0.2, 0.25) is 0 Å². The molecule has 0 unspecified atom stereocenters. The van der Waals surface area contributed by atoms with Crippen LogP contribution in [0.2, 0.25) is 5.02 Å². The molecule has 28 heavy (non-hydrogen) atoms. The average molecular weight is 414 g/mol. The summed E-state index contributed by atoms with van der Waals surface area (Å²) in [5.41, 5.74) is 1.85. The molecule has 1 fully saturated rings. The van der Waals surface area contributed by atoms with E-state index in [1.54, 1.807) is 6.20 Å². The van der Waals surface area contributed by atoms with Crippen molar-refractivity contribution in [1.82, 2.24) is 15.2 Å². The van der Waals surface area contributed by atoms with Crippen LogP contribution in [0.3, 0.4) is 0 Å². The van der Waals surface area contributed by atoms with Crippen LogP contribution in [-0.2, 0) is 0 Å². The molecule has 3 heterocycles. The number of nitrogens with zero attached hydrogens (tertiary/aromatic N) is 2. The van der Waals surface area contributed by atoms with Crippen LogP contribution in [0.1, 0.15) is 30.0 Å². The summed E-state index contributed by atoms with van der Waals surface area (Å²) in [7, 11) is 0. The zero-order chi connectivity index (χ0) is 19.5. The molecular weight excluding hydrogens is 394 g/mol. The fourth-order valence-electron chi connectivity index (χ4n) is 3.48. The van der Waals surface area contributed by atoms with E-state index in [0.717, 1.165) is 22.8 Å². The predicted octanol–water partition coefficient (Wildman–Crippen LogP) is 4.35. The lowest BCUT2D eigenvalue weighted by Gasteiger charge is -2.25. The monoisotopic (exact) mass is 413 g/mol. The van der Waals surface area contributed by atoms with E-state index < -0.39 is 0 Å². The Bertz CT molecular complexity index is 946. The molecule has 5 nitrogen and oxygen atoms in total. The minimum Gasteiger partial charge on any atom is -0.459 e. The van der Waals surface area contributed by atoms with E-state index >= 15 is 0 Å². The molecule has 2 N–H and O–H groups in total. The van der Waals surface area contributed by atoms with E-state index in [1.165, 1.54) is 0 Å². The number of hydrogen-bond acceptors (Lipinski definition) is 4. The average Bonchev–Trinajstić information content (AvgIpc) is 3.32. The summed E-state index contributed by atoms with van der Waals surface area (Å²) < 4.78 is 6.23. The number of benzene rings is 1. The lowest BCUT2D eigenvalue weighted by Crippen LogP contribution is -2.30. The molecule has 1 aliphatic rings. The molecule has 4 rings (SSSR count). The minimum absolute atomic E-state index is 0.105. The highest BCUT2D eigenvalue weighted by Gasteiger charge is 2.41. The zero-order valence-electron chi connectivity index (χ0n) is 15.1. The number of rotatable bonds is 6. The second-order valence-electron chi connectivity index (χ2n) is 6.61. The van der Waals surface area contributed by atoms with Crippen LogP contribution >= 0.6 is 23.8 Å². The summed E-state index contributed by atoms with van der Waals surface area (Å²) in [6.07, 6.45) is 2.40. The Morgan fingerprint density at radius 1 is 1.14 bits per heavy atom. The van der Waals surface area contributed by atoms with E-state index in [2.05, 4.69) is 15.2 Å². The van der Waals surface area contributed by atoms with Crippen molar-refractivity contribution in [3.05, 3.63) is 77.3 Å². The van der Waals surface area contributed by atoms with Crippen molar-refractivity contribution < 1.29 is 9.52 Å². The number of aliphatic hydroxyl groups is 1. The van der Waals surface area contributed by atoms with Crippen LogP contribution in [0.4, 0.5) is 0 Å². The van der Waals surface area contributed by atoms with Crippen molar-refractivity contribution in [2.45, 2.75) is 18.5 Å². The first kappa shape index (κ1) is 18.9. The summed E-state index contributed by atoms with van der Waals surface area (Å²) in [5.74, 6) is 1.57. The summed E-state index contributed by atoms with van der Waals surface area (Å²) in [6, 6.07) is 17.0. The molecular formula is C21H20ClN3O2S. The van der Waals surface area contributed by atoms with Gasteiger partial charge in [-0.1, -0.05) is 17.7 Å². The fraction of sp³-hybridized carbons (Fsp3) is 0.238. The number of furan rings is 1. The van der Waals surface area contributed by atoms with Crippen molar-refractivity contribution in [1.29, 1.82) is 0 Å². The summed E-state index contributed by atoms with van der Waals surface area (Å²) >= 11 is 11.6. The third kappa shape index (κ3) is 3.76. The lowest BCUT2D eigenvalue weighted by molar-refractivity contribution is 0.233. The van der Waals surface area contributed by atoms with Crippen LogP contribution < -0.4 is 5.32 Å². The number of aromatic nitrogens is 1. The Hall–Kier alpha value is -2.41. The van der Waals surface area contributed by atoms with Gasteiger partial charge in [-0.3, -0.25) is 4.98 Å². The molecule has 1 aliphatic heterocycles. The van der Waals surface area contributed by atoms with E-state index in [1.807, 2.05) is 54.6 Å². The van der Waals surface area contributed by atoms with Gasteiger partial charge < -0.3 is 19.7 Å². The summed E-state index contributed by atoms with van der Waals surface area (Å²) in [5, 5.41) is 14.0. The molecule has 2 aromatic heterocycles. The second kappa shape index (κ2) is 8.31. The first-order valence-electron chi connectivity index (χ1n) is 9.12. The van der Waals surface area contributed by atoms with Crippen LogP contribution in [0.15, 0.2) is 65.2 Å². The molecule has 3 aromatic rings. The summed E-state index contributed by atoms with van der Waals surface area (Å²) in [6.45, 7) is 0.738. The number of nitrogens with one attached hydrogen (secondary N) is 1. The second-order valence-corrected chi connectivity index (χ2v) is 7.43. The van der Waals surface area contributed by atoms with Crippen LogP contribution in [0.25, 0.3) is 11.3 Å². The third-order valence-electron chi connectivity index (χ3n) is 4.80. The normalized spacial score (nSPS) is 19.1. The van der Waals surface area contributed by atoms with Crippen LogP contribution in [0.5, 0.6) is 0 Å². The molecule has 1 aromatic carbocycles. The standard InChI is InChI=1S/C21H20ClN3O2S/c22-15-7-5-14(6-8-15)17-9-10-18(27-17)20-19(16-4-1-2-11-23-16)24-21(28)25(20)12-3-13-26/h1-2,4-11,19-20,26H,3,12-13H2,(H,24,28)/t19-,20-/m1/s1. The SMILES string of the molecule is OCCCN1C(=S)N[C@H](c2ccccn2)[C@H]1c1ccc(-c2ccc(Cl)cc2)o1. The van der Waals surface area contributed by atoms with Gasteiger partial charge >= 0.3 is 0 Å². The smallest absolute Gasteiger partial charge is 0.170 e. The Morgan fingerprint density at radius 3 is 2.68 bits per heavy atom. The van der Waals surface area contributed by atoms with Gasteiger partial charge in [0.15, 0.2) is 5.11 Å². The van der Waals surface area contributed by atoms with E-state index in [-0.39, 0.29) is 18.7 Å². The maximum absolute atomic E-state index is 9.29. The quantitative estimate of drug-likeness (QED) is 0.586. The highest BCUT2D eigenvalue weighted by Crippen LogP contribution is 2.40. The largest absolute Gasteiger partial charge is 0.459 e. The van der Waals surface area contributed by atoms with Gasteiger partial charge in [-0.2, -0.15) is 0 Å². The van der Waals surface area contributed by atoms with Crippen molar-refractivity contribution in [2.75, 3.05) is 13.2 Å². The molecule has 144 valence electrons. The molecule has 0 aliphatic carbocycles. The molecule has 1 saturated heterocycles. The predicted molar refractivity (Wildman–Crippen MR) is 113 cm³/mol. The van der Waals surface area contributed by atoms with Crippen molar-refractivity contribution >= 4 is 28.9 Å². The number of thiocarbonyl (C=S) groups is 1. The van der Waals surface area contributed by atoms with Crippen LogP contribution in [0, 0.1) is 0 Å². The van der Waals surface area contributed by atoms with Crippen LogP contribution in [-0.4, -0.2) is 33.3 Å². The fourth-order valence-corrected chi connectivity index (χ4v) is 3.94. The molecule has 0 amide bonds. The van der Waals surface area contributed by atoms with Crippen molar-refractivity contribution in [2.24, 2.45) is 0 Å². The molecule has 0 bridgehead atoms. The molecule has 7 heteroatoms. The Labute approximate surface area is 174 Å². The Balaban J connectivity index is 1.70. The van der Waals surface area contributed by atoms with Gasteiger partial charge in [-0.05, 0) is 67.2 Å². The first-order chi connectivity index (χ1) is 13.7. The molecule has 0 spiro atoms. The minimum atomic E-state index is -0.144. The molecule has 0 saturated carbocycles. The van der Waals surface area contributed by atoms with E-state index in [4.69, 9.17) is 28.2 Å². The van der Waals surface area contributed by atoms with Gasteiger partial charge in [0.1, 0.15) is 17.6 Å². The molecule has 0 radical (unpaired) electrons. The maximum Gasteiger partial charge on any atom is 0.170 e. The first-order valence-corrected chi connectivity index (χ1v) is 9.90. The highest BCUT2D eigenvalue weighted by atomic mass is 35.5. The topological polar surface area (TPSA) is 61.5 Å². The Morgan fingerprint density at radius 2 is 1.96 bits per heavy atom. The van der Waals surface area contributed by atoms with Gasteiger partial charge in [0, 0.05) is 29.9 Å². The van der Waals surface area contributed by atoms with E-state index in [9.17, 15) is 5.11 Å². The van der Waals surface area contributed by atoms with Gasteiger partial charge in [-0.25, -0.2) is 0 Å². The lowest BCUT2D eigenvalue weighted by atomic mass is 10.0. The van der Waals surface area contributed by atoms with Crippen molar-refractivity contribution in [3.8, 4) is 11.3 Å². The zero-order valence-corrected chi connectivity index (χ0v) is 16.7. The maximum atomic E-state index is 9.29. The van der Waals surface area contributed by atoms with Gasteiger partial charge in [-0.15, -0.1) is 0 Å². The number of aliphatic hydroxyl groups excluding tert-OH is 1. The van der Waals surface area contributed by atoms with Gasteiger partial charge in [0.25, 0.3) is 0 Å². The van der Waals surface area contributed by atoms with Crippen molar-refractivity contribution in [3.63, 3.8) is 0 Å². The summed E-state index contributed by atoms with van der Waals surface area (Å²) in [4.78, 5) is 6.57. The highest BCUT2D eigenvalue weighted by molar-refractivity contribution is 7.80.